The maximum absolute atomic E-state index is 9.38. The van der Waals surface area contributed by atoms with Gasteiger partial charge in [-0.15, -0.1) is 6.58 Å². The SMILES string of the molecule is C=CC[C@H](O)CCCCCCCC. The number of hydrogen-bond acceptors (Lipinski definition) is 1. The standard InChI is InChI=1S/C12H24O/c1-3-5-6-7-8-9-11-12(13)10-4-2/h4,12-13H,2-3,5-11H2,1H3/t12-/m0/s1. The van der Waals surface area contributed by atoms with Gasteiger partial charge in [-0.05, 0) is 12.8 Å². The minimum absolute atomic E-state index is 0.149. The van der Waals surface area contributed by atoms with Gasteiger partial charge in [-0.25, -0.2) is 0 Å². The summed E-state index contributed by atoms with van der Waals surface area (Å²) in [6.45, 7) is 5.84. The lowest BCUT2D eigenvalue weighted by atomic mass is 10.1. The molecule has 0 rings (SSSR count). The van der Waals surface area contributed by atoms with Crippen molar-refractivity contribution < 1.29 is 5.11 Å². The van der Waals surface area contributed by atoms with Crippen molar-refractivity contribution in [1.29, 1.82) is 0 Å². The average Bonchev–Trinajstić information content (AvgIpc) is 2.11. The maximum atomic E-state index is 9.38. The molecule has 0 aliphatic carbocycles. The fraction of sp³-hybridized carbons (Fsp3) is 0.833. The van der Waals surface area contributed by atoms with Gasteiger partial charge in [-0.1, -0.05) is 51.5 Å². The average molecular weight is 184 g/mol. The summed E-state index contributed by atoms with van der Waals surface area (Å²) in [6.07, 6.45) is 11.1. The molecule has 0 aromatic heterocycles. The van der Waals surface area contributed by atoms with E-state index in [2.05, 4.69) is 13.5 Å². The normalized spacial score (nSPS) is 12.8. The number of unbranched alkanes of at least 4 members (excludes halogenated alkanes) is 5. The molecule has 0 saturated carbocycles. The van der Waals surface area contributed by atoms with Gasteiger partial charge in [0, 0.05) is 0 Å². The summed E-state index contributed by atoms with van der Waals surface area (Å²) in [7, 11) is 0. The van der Waals surface area contributed by atoms with E-state index in [0.717, 1.165) is 12.8 Å². The lowest BCUT2D eigenvalue weighted by Crippen LogP contribution is -2.03. The van der Waals surface area contributed by atoms with Gasteiger partial charge in [-0.3, -0.25) is 0 Å². The molecule has 1 nitrogen and oxygen atoms in total. The molecule has 1 heteroatoms. The fourth-order valence-corrected chi connectivity index (χ4v) is 1.47. The third-order valence-electron chi connectivity index (χ3n) is 2.33. The lowest BCUT2D eigenvalue weighted by Gasteiger charge is -2.06. The fourth-order valence-electron chi connectivity index (χ4n) is 1.47. The van der Waals surface area contributed by atoms with Crippen LogP contribution in [0.4, 0.5) is 0 Å². The Hall–Kier alpha value is -0.300. The van der Waals surface area contributed by atoms with Crippen molar-refractivity contribution in [3.8, 4) is 0 Å². The van der Waals surface area contributed by atoms with Gasteiger partial charge in [0.25, 0.3) is 0 Å². The van der Waals surface area contributed by atoms with E-state index in [1.165, 1.54) is 38.5 Å². The first-order valence-corrected chi connectivity index (χ1v) is 5.60. The largest absolute Gasteiger partial charge is 0.393 e. The molecule has 0 aromatic carbocycles. The van der Waals surface area contributed by atoms with E-state index in [4.69, 9.17) is 0 Å². The molecule has 13 heavy (non-hydrogen) atoms. The summed E-state index contributed by atoms with van der Waals surface area (Å²) < 4.78 is 0. The van der Waals surface area contributed by atoms with E-state index in [-0.39, 0.29) is 6.10 Å². The smallest absolute Gasteiger partial charge is 0.0574 e. The third-order valence-corrected chi connectivity index (χ3v) is 2.33. The van der Waals surface area contributed by atoms with Crippen molar-refractivity contribution in [2.75, 3.05) is 0 Å². The van der Waals surface area contributed by atoms with Crippen molar-refractivity contribution >= 4 is 0 Å². The lowest BCUT2D eigenvalue weighted by molar-refractivity contribution is 0.164. The van der Waals surface area contributed by atoms with E-state index in [9.17, 15) is 5.11 Å². The van der Waals surface area contributed by atoms with Gasteiger partial charge in [0.2, 0.25) is 0 Å². The Kier molecular flexibility index (Phi) is 9.56. The molecule has 0 heterocycles. The summed E-state index contributed by atoms with van der Waals surface area (Å²) in [5.74, 6) is 0. The van der Waals surface area contributed by atoms with E-state index in [0.29, 0.717) is 0 Å². The Morgan fingerprint density at radius 3 is 2.38 bits per heavy atom. The van der Waals surface area contributed by atoms with Crippen molar-refractivity contribution in [1.82, 2.24) is 0 Å². The van der Waals surface area contributed by atoms with Crippen LogP contribution in [0.25, 0.3) is 0 Å². The van der Waals surface area contributed by atoms with Crippen molar-refractivity contribution in [2.24, 2.45) is 0 Å². The Bertz CT molecular complexity index is 110. The Morgan fingerprint density at radius 2 is 1.77 bits per heavy atom. The first-order chi connectivity index (χ1) is 6.31. The molecule has 0 bridgehead atoms. The first kappa shape index (κ1) is 12.7. The quantitative estimate of drug-likeness (QED) is 0.428. The molecule has 0 unspecified atom stereocenters. The highest BCUT2D eigenvalue weighted by Crippen LogP contribution is 2.09. The van der Waals surface area contributed by atoms with E-state index < -0.39 is 0 Å². The van der Waals surface area contributed by atoms with Gasteiger partial charge in [0.15, 0.2) is 0 Å². The number of aliphatic hydroxyl groups is 1. The van der Waals surface area contributed by atoms with Crippen LogP contribution in [-0.2, 0) is 0 Å². The molecule has 1 N–H and O–H groups in total. The number of hydrogen-bond donors (Lipinski definition) is 1. The molecular formula is C12H24O. The molecule has 0 radical (unpaired) electrons. The summed E-state index contributed by atoms with van der Waals surface area (Å²) in [4.78, 5) is 0. The Morgan fingerprint density at radius 1 is 1.15 bits per heavy atom. The van der Waals surface area contributed by atoms with Gasteiger partial charge < -0.3 is 5.11 Å². The highest BCUT2D eigenvalue weighted by atomic mass is 16.3. The molecule has 0 aromatic rings. The van der Waals surface area contributed by atoms with Crippen molar-refractivity contribution in [3.05, 3.63) is 12.7 Å². The van der Waals surface area contributed by atoms with Crippen LogP contribution in [0.5, 0.6) is 0 Å². The van der Waals surface area contributed by atoms with Gasteiger partial charge in [0.1, 0.15) is 0 Å². The van der Waals surface area contributed by atoms with Crippen LogP contribution < -0.4 is 0 Å². The van der Waals surface area contributed by atoms with Crippen molar-refractivity contribution in [3.63, 3.8) is 0 Å². The molecular weight excluding hydrogens is 160 g/mol. The molecule has 0 saturated heterocycles. The monoisotopic (exact) mass is 184 g/mol. The topological polar surface area (TPSA) is 20.2 Å². The number of rotatable bonds is 9. The molecule has 0 fully saturated rings. The molecule has 0 amide bonds. The Labute approximate surface area is 82.9 Å². The van der Waals surface area contributed by atoms with Crippen LogP contribution in [0.2, 0.25) is 0 Å². The Balaban J connectivity index is 3.01. The van der Waals surface area contributed by atoms with Crippen molar-refractivity contribution in [2.45, 2.75) is 64.4 Å². The zero-order valence-corrected chi connectivity index (χ0v) is 8.97. The summed E-state index contributed by atoms with van der Waals surface area (Å²) in [6, 6.07) is 0. The molecule has 0 aliphatic rings. The highest BCUT2D eigenvalue weighted by Gasteiger charge is 1.99. The third kappa shape index (κ3) is 9.62. The van der Waals surface area contributed by atoms with E-state index in [1.54, 1.807) is 6.08 Å². The number of aliphatic hydroxyl groups excluding tert-OH is 1. The second-order valence-electron chi connectivity index (χ2n) is 3.73. The highest BCUT2D eigenvalue weighted by molar-refractivity contribution is 4.71. The predicted molar refractivity (Wildman–Crippen MR) is 58.8 cm³/mol. The zero-order valence-electron chi connectivity index (χ0n) is 8.97. The van der Waals surface area contributed by atoms with E-state index in [1.807, 2.05) is 0 Å². The minimum Gasteiger partial charge on any atom is -0.393 e. The second kappa shape index (κ2) is 9.79. The van der Waals surface area contributed by atoms with Gasteiger partial charge in [-0.2, -0.15) is 0 Å². The molecule has 0 aliphatic heterocycles. The summed E-state index contributed by atoms with van der Waals surface area (Å²) in [5.41, 5.74) is 0. The predicted octanol–water partition coefficient (Wildman–Crippen LogP) is 3.67. The minimum atomic E-state index is -0.149. The molecule has 0 spiro atoms. The zero-order chi connectivity index (χ0) is 9.94. The van der Waals surface area contributed by atoms with Gasteiger partial charge >= 0.3 is 0 Å². The summed E-state index contributed by atoms with van der Waals surface area (Å²) >= 11 is 0. The summed E-state index contributed by atoms with van der Waals surface area (Å²) in [5, 5.41) is 9.38. The second-order valence-corrected chi connectivity index (χ2v) is 3.73. The van der Waals surface area contributed by atoms with Crippen LogP contribution in [0, 0.1) is 0 Å². The molecule has 78 valence electrons. The van der Waals surface area contributed by atoms with Crippen LogP contribution >= 0.6 is 0 Å². The van der Waals surface area contributed by atoms with E-state index >= 15 is 0 Å². The maximum Gasteiger partial charge on any atom is 0.0574 e. The van der Waals surface area contributed by atoms with Crippen LogP contribution in [0.3, 0.4) is 0 Å². The van der Waals surface area contributed by atoms with Crippen LogP contribution in [-0.4, -0.2) is 11.2 Å². The molecule has 1 atom stereocenters. The van der Waals surface area contributed by atoms with Crippen LogP contribution in [0.15, 0.2) is 12.7 Å². The van der Waals surface area contributed by atoms with Gasteiger partial charge in [0.05, 0.1) is 6.10 Å². The van der Waals surface area contributed by atoms with Crippen LogP contribution in [0.1, 0.15) is 58.3 Å². The first-order valence-electron chi connectivity index (χ1n) is 5.60.